The summed E-state index contributed by atoms with van der Waals surface area (Å²) in [5, 5.41) is 0. The Morgan fingerprint density at radius 1 is 1.08 bits per heavy atom. The summed E-state index contributed by atoms with van der Waals surface area (Å²) in [6.45, 7) is 1.77. The Hall–Kier alpha value is -3.21. The minimum Gasteiger partial charge on any atom is -0.439 e. The van der Waals surface area contributed by atoms with Crippen LogP contribution >= 0.6 is 0 Å². The molecule has 1 heterocycles. The smallest absolute Gasteiger partial charge is 0.259 e. The Kier molecular flexibility index (Phi) is 4.24. The molecule has 0 aliphatic rings. The number of nitrogens with zero attached hydrogens (tertiary/aromatic N) is 2. The molecule has 0 fully saturated rings. The van der Waals surface area contributed by atoms with Crippen LogP contribution in [0.4, 0.5) is 5.82 Å². The summed E-state index contributed by atoms with van der Waals surface area (Å²) in [5.41, 5.74) is 1.85. The number of hydrogen-bond acceptors (Lipinski definition) is 4. The van der Waals surface area contributed by atoms with Crippen LogP contribution in [0.25, 0.3) is 11.5 Å². The Balaban J connectivity index is 1.89. The number of aromatic nitrogens is 1. The molecular formula is C19H16N2O3. The van der Waals surface area contributed by atoms with Crippen molar-refractivity contribution in [3.05, 3.63) is 71.5 Å². The lowest BCUT2D eigenvalue weighted by Crippen LogP contribution is -2.27. The number of benzene rings is 2. The number of aldehydes is 1. The van der Waals surface area contributed by atoms with Gasteiger partial charge in [-0.25, -0.2) is 0 Å². The first-order valence-electron chi connectivity index (χ1n) is 7.46. The van der Waals surface area contributed by atoms with E-state index in [4.69, 9.17) is 4.42 Å². The molecule has 24 heavy (non-hydrogen) atoms. The molecule has 120 valence electrons. The van der Waals surface area contributed by atoms with Crippen molar-refractivity contribution in [1.82, 2.24) is 4.98 Å². The largest absolute Gasteiger partial charge is 0.439 e. The van der Waals surface area contributed by atoms with E-state index in [1.165, 1.54) is 4.90 Å². The molecule has 1 amide bonds. The van der Waals surface area contributed by atoms with Gasteiger partial charge in [-0.3, -0.25) is 14.5 Å². The minimum atomic E-state index is -0.219. The van der Waals surface area contributed by atoms with Gasteiger partial charge >= 0.3 is 0 Å². The summed E-state index contributed by atoms with van der Waals surface area (Å²) in [7, 11) is 1.65. The molecule has 5 nitrogen and oxygen atoms in total. The van der Waals surface area contributed by atoms with Crippen molar-refractivity contribution in [2.75, 3.05) is 11.9 Å². The highest BCUT2D eigenvalue weighted by molar-refractivity contribution is 6.05. The van der Waals surface area contributed by atoms with Crippen LogP contribution in [0.1, 0.15) is 26.5 Å². The van der Waals surface area contributed by atoms with Crippen molar-refractivity contribution in [2.45, 2.75) is 6.92 Å². The van der Waals surface area contributed by atoms with Gasteiger partial charge < -0.3 is 4.42 Å². The van der Waals surface area contributed by atoms with Crippen LogP contribution in [-0.4, -0.2) is 24.2 Å². The zero-order chi connectivity index (χ0) is 17.1. The van der Waals surface area contributed by atoms with Gasteiger partial charge in [-0.15, -0.1) is 0 Å². The van der Waals surface area contributed by atoms with E-state index in [1.807, 2.05) is 30.3 Å². The summed E-state index contributed by atoms with van der Waals surface area (Å²) >= 11 is 0. The molecule has 0 saturated heterocycles. The van der Waals surface area contributed by atoms with E-state index in [1.54, 1.807) is 38.2 Å². The maximum atomic E-state index is 12.6. The van der Waals surface area contributed by atoms with Crippen molar-refractivity contribution >= 4 is 18.0 Å². The lowest BCUT2D eigenvalue weighted by atomic mass is 10.1. The molecule has 0 N–H and O–H groups in total. The maximum Gasteiger partial charge on any atom is 0.259 e. The Morgan fingerprint density at radius 2 is 1.75 bits per heavy atom. The number of aryl methyl sites for hydroxylation is 1. The van der Waals surface area contributed by atoms with Gasteiger partial charge in [0.1, 0.15) is 12.0 Å². The lowest BCUT2D eigenvalue weighted by molar-refractivity contribution is 0.0991. The van der Waals surface area contributed by atoms with Gasteiger partial charge in [-0.2, -0.15) is 4.98 Å². The van der Waals surface area contributed by atoms with Crippen LogP contribution in [0.5, 0.6) is 0 Å². The van der Waals surface area contributed by atoms with Gasteiger partial charge in [0.15, 0.2) is 5.82 Å². The Bertz CT molecular complexity index is 867. The molecule has 3 aromatic rings. The molecule has 0 aliphatic carbocycles. The quantitative estimate of drug-likeness (QED) is 0.687. The minimum absolute atomic E-state index is 0.219. The fourth-order valence-electron chi connectivity index (χ4n) is 2.40. The van der Waals surface area contributed by atoms with Gasteiger partial charge in [0.25, 0.3) is 5.91 Å². The molecule has 0 unspecified atom stereocenters. The van der Waals surface area contributed by atoms with Crippen LogP contribution in [0.3, 0.4) is 0 Å². The van der Waals surface area contributed by atoms with Crippen molar-refractivity contribution in [1.29, 1.82) is 0 Å². The highest BCUT2D eigenvalue weighted by Crippen LogP contribution is 2.27. The average Bonchev–Trinajstić information content (AvgIpc) is 3.03. The first-order chi connectivity index (χ1) is 11.6. The molecular weight excluding hydrogens is 304 g/mol. The molecule has 2 aromatic carbocycles. The van der Waals surface area contributed by atoms with Crippen LogP contribution in [0.15, 0.2) is 59.0 Å². The first kappa shape index (κ1) is 15.7. The number of amides is 1. The second-order valence-electron chi connectivity index (χ2n) is 5.37. The van der Waals surface area contributed by atoms with E-state index in [0.717, 1.165) is 11.8 Å². The van der Waals surface area contributed by atoms with E-state index in [0.29, 0.717) is 28.6 Å². The highest BCUT2D eigenvalue weighted by atomic mass is 16.4. The van der Waals surface area contributed by atoms with Gasteiger partial charge in [0.05, 0.1) is 0 Å². The van der Waals surface area contributed by atoms with Gasteiger partial charge in [-0.1, -0.05) is 30.3 Å². The van der Waals surface area contributed by atoms with E-state index >= 15 is 0 Å². The highest BCUT2D eigenvalue weighted by Gasteiger charge is 2.20. The van der Waals surface area contributed by atoms with Crippen LogP contribution in [0, 0.1) is 6.92 Å². The van der Waals surface area contributed by atoms with Crippen LogP contribution < -0.4 is 4.90 Å². The SMILES string of the molecule is Cc1oc(-c2ccccc2)nc1N(C)C(=O)c1ccc(C=O)cc1. The normalized spacial score (nSPS) is 10.4. The lowest BCUT2D eigenvalue weighted by Gasteiger charge is -2.14. The molecule has 0 saturated carbocycles. The predicted molar refractivity (Wildman–Crippen MR) is 91.2 cm³/mol. The average molecular weight is 320 g/mol. The molecule has 0 bridgehead atoms. The first-order valence-corrected chi connectivity index (χ1v) is 7.46. The van der Waals surface area contributed by atoms with E-state index in [2.05, 4.69) is 4.98 Å². The number of carbonyl (C=O) groups is 2. The molecule has 0 radical (unpaired) electrons. The van der Waals surface area contributed by atoms with Crippen molar-refractivity contribution in [3.63, 3.8) is 0 Å². The van der Waals surface area contributed by atoms with Crippen molar-refractivity contribution in [2.24, 2.45) is 0 Å². The molecule has 0 aliphatic heterocycles. The fourth-order valence-corrected chi connectivity index (χ4v) is 2.40. The molecule has 5 heteroatoms. The number of anilines is 1. The predicted octanol–water partition coefficient (Wildman–Crippen LogP) is 3.74. The van der Waals surface area contributed by atoms with Gasteiger partial charge in [0, 0.05) is 23.7 Å². The van der Waals surface area contributed by atoms with Gasteiger partial charge in [0.2, 0.25) is 5.89 Å². The Morgan fingerprint density at radius 3 is 2.38 bits per heavy atom. The standard InChI is InChI=1S/C19H16N2O3/c1-13-17(20-18(24-13)15-6-4-3-5-7-15)21(2)19(23)16-10-8-14(12-22)9-11-16/h3-12H,1-2H3. The molecule has 3 rings (SSSR count). The van der Waals surface area contributed by atoms with E-state index < -0.39 is 0 Å². The number of oxazole rings is 1. The summed E-state index contributed by atoms with van der Waals surface area (Å²) in [6.07, 6.45) is 0.742. The third kappa shape index (κ3) is 2.96. The summed E-state index contributed by atoms with van der Waals surface area (Å²) in [4.78, 5) is 29.2. The van der Waals surface area contributed by atoms with Crippen molar-refractivity contribution in [3.8, 4) is 11.5 Å². The summed E-state index contributed by atoms with van der Waals surface area (Å²) < 4.78 is 5.69. The number of hydrogen-bond donors (Lipinski definition) is 0. The second-order valence-corrected chi connectivity index (χ2v) is 5.37. The Labute approximate surface area is 139 Å². The number of carbonyl (C=O) groups excluding carboxylic acids is 2. The van der Waals surface area contributed by atoms with Crippen LogP contribution in [-0.2, 0) is 0 Å². The topological polar surface area (TPSA) is 63.4 Å². The second kappa shape index (κ2) is 6.50. The van der Waals surface area contributed by atoms with Gasteiger partial charge in [-0.05, 0) is 31.2 Å². The summed E-state index contributed by atoms with van der Waals surface area (Å²) in [6, 6.07) is 16.0. The zero-order valence-corrected chi connectivity index (χ0v) is 13.4. The van der Waals surface area contributed by atoms with Crippen LogP contribution in [0.2, 0.25) is 0 Å². The monoisotopic (exact) mass is 320 g/mol. The molecule has 0 atom stereocenters. The third-order valence-electron chi connectivity index (χ3n) is 3.71. The van der Waals surface area contributed by atoms with E-state index in [9.17, 15) is 9.59 Å². The number of rotatable bonds is 4. The third-order valence-corrected chi connectivity index (χ3v) is 3.71. The maximum absolute atomic E-state index is 12.6. The fraction of sp³-hybridized carbons (Fsp3) is 0.105. The molecule has 0 spiro atoms. The van der Waals surface area contributed by atoms with E-state index in [-0.39, 0.29) is 5.91 Å². The molecule has 1 aromatic heterocycles. The van der Waals surface area contributed by atoms with Crippen molar-refractivity contribution < 1.29 is 14.0 Å². The zero-order valence-electron chi connectivity index (χ0n) is 13.4. The summed E-state index contributed by atoms with van der Waals surface area (Å²) in [5.74, 6) is 1.29.